The van der Waals surface area contributed by atoms with Crippen LogP contribution in [0.3, 0.4) is 0 Å². The third kappa shape index (κ3) is 3.85. The van der Waals surface area contributed by atoms with Crippen LogP contribution in [0.1, 0.15) is 30.9 Å². The maximum Gasteiger partial charge on any atom is 0.338 e. The normalized spacial score (nSPS) is 16.3. The van der Waals surface area contributed by atoms with Gasteiger partial charge in [-0.25, -0.2) is 9.18 Å². The second-order valence-corrected chi connectivity index (χ2v) is 6.70. The van der Waals surface area contributed by atoms with Crippen molar-refractivity contribution in [3.05, 3.63) is 82.2 Å². The van der Waals surface area contributed by atoms with E-state index in [4.69, 9.17) is 15.2 Å². The van der Waals surface area contributed by atoms with Crippen LogP contribution in [0.2, 0.25) is 0 Å². The largest absolute Gasteiger partial charge is 0.463 e. The molecule has 1 unspecified atom stereocenters. The van der Waals surface area contributed by atoms with Gasteiger partial charge < -0.3 is 15.2 Å². The van der Waals surface area contributed by atoms with Crippen LogP contribution in [0, 0.1) is 24.1 Å². The molecule has 0 amide bonds. The molecule has 5 nitrogen and oxygen atoms in total. The molecule has 148 valence electrons. The number of aryl methyl sites for hydroxylation is 1. The van der Waals surface area contributed by atoms with E-state index >= 15 is 0 Å². The van der Waals surface area contributed by atoms with Crippen molar-refractivity contribution in [3.63, 3.8) is 0 Å². The Morgan fingerprint density at radius 3 is 2.45 bits per heavy atom. The van der Waals surface area contributed by atoms with Gasteiger partial charge in [-0.3, -0.25) is 0 Å². The van der Waals surface area contributed by atoms with Crippen molar-refractivity contribution in [1.82, 2.24) is 0 Å². The number of nitrogens with zero attached hydrogens (tertiary/aromatic N) is 1. The predicted molar refractivity (Wildman–Crippen MR) is 107 cm³/mol. The molecule has 0 fully saturated rings. The standard InChI is InChI=1S/C23H21FN2O3/c1-4-28-23(27)20-14(3)29-22(26)18(12-25)21(20)16-7-5-15(6-8-16)17-9-10-19(24)13(2)11-17/h5-11,21H,4,26H2,1-3H3. The molecule has 2 N–H and O–H groups in total. The summed E-state index contributed by atoms with van der Waals surface area (Å²) in [5, 5.41) is 9.62. The Hall–Kier alpha value is -3.59. The zero-order valence-corrected chi connectivity index (χ0v) is 16.5. The number of esters is 1. The van der Waals surface area contributed by atoms with E-state index in [2.05, 4.69) is 6.07 Å². The van der Waals surface area contributed by atoms with Crippen molar-refractivity contribution < 1.29 is 18.7 Å². The molecule has 1 atom stereocenters. The molecule has 6 heteroatoms. The average Bonchev–Trinajstić information content (AvgIpc) is 2.70. The number of nitrogens with two attached hydrogens (primary N) is 1. The van der Waals surface area contributed by atoms with Gasteiger partial charge in [0, 0.05) is 0 Å². The van der Waals surface area contributed by atoms with E-state index in [9.17, 15) is 14.4 Å². The number of halogens is 1. The van der Waals surface area contributed by atoms with Crippen molar-refractivity contribution in [2.75, 3.05) is 6.61 Å². The van der Waals surface area contributed by atoms with E-state index in [0.717, 1.165) is 11.1 Å². The number of benzene rings is 2. The summed E-state index contributed by atoms with van der Waals surface area (Å²) in [6, 6.07) is 14.3. The molecule has 1 aliphatic heterocycles. The molecule has 0 aromatic heterocycles. The van der Waals surface area contributed by atoms with Gasteiger partial charge in [0.1, 0.15) is 23.2 Å². The topological polar surface area (TPSA) is 85.3 Å². The van der Waals surface area contributed by atoms with Crippen LogP contribution in [0.15, 0.2) is 65.3 Å². The molecule has 3 rings (SSSR count). The summed E-state index contributed by atoms with van der Waals surface area (Å²) < 4.78 is 24.1. The van der Waals surface area contributed by atoms with E-state index in [1.54, 1.807) is 32.9 Å². The number of carbonyl (C=O) groups excluding carboxylic acids is 1. The van der Waals surface area contributed by atoms with E-state index in [-0.39, 0.29) is 29.5 Å². The lowest BCUT2D eigenvalue weighted by atomic mass is 9.82. The van der Waals surface area contributed by atoms with Crippen LogP contribution in [0.4, 0.5) is 4.39 Å². The summed E-state index contributed by atoms with van der Waals surface area (Å²) in [5.41, 5.74) is 9.34. The molecule has 0 aliphatic carbocycles. The third-order valence-electron chi connectivity index (χ3n) is 4.84. The maximum absolute atomic E-state index is 13.6. The van der Waals surface area contributed by atoms with E-state index in [1.165, 1.54) is 6.07 Å². The van der Waals surface area contributed by atoms with Gasteiger partial charge in [-0.15, -0.1) is 0 Å². The highest BCUT2D eigenvalue weighted by Gasteiger charge is 2.36. The molecule has 0 saturated carbocycles. The maximum atomic E-state index is 13.6. The SMILES string of the molecule is CCOC(=O)C1=C(C)OC(N)=C(C#N)C1c1ccc(-c2ccc(F)c(C)c2)cc1. The summed E-state index contributed by atoms with van der Waals surface area (Å²) in [6.45, 7) is 5.24. The van der Waals surface area contributed by atoms with Gasteiger partial charge in [-0.1, -0.05) is 30.3 Å². The van der Waals surface area contributed by atoms with Crippen LogP contribution in [0.25, 0.3) is 11.1 Å². The smallest absolute Gasteiger partial charge is 0.338 e. The Morgan fingerprint density at radius 1 is 1.21 bits per heavy atom. The zero-order valence-electron chi connectivity index (χ0n) is 16.5. The zero-order chi connectivity index (χ0) is 21.1. The summed E-state index contributed by atoms with van der Waals surface area (Å²) >= 11 is 0. The van der Waals surface area contributed by atoms with Crippen molar-refractivity contribution in [2.45, 2.75) is 26.7 Å². The fourth-order valence-corrected chi connectivity index (χ4v) is 3.38. The molecule has 2 aromatic rings. The van der Waals surface area contributed by atoms with E-state index in [0.29, 0.717) is 16.9 Å². The summed E-state index contributed by atoms with van der Waals surface area (Å²) in [7, 11) is 0. The first kappa shape index (κ1) is 20.2. The summed E-state index contributed by atoms with van der Waals surface area (Å²) in [5.74, 6) is -1.21. The van der Waals surface area contributed by atoms with Gasteiger partial charge in [0.2, 0.25) is 5.88 Å². The van der Waals surface area contributed by atoms with Crippen LogP contribution < -0.4 is 5.73 Å². The van der Waals surface area contributed by atoms with Crippen LogP contribution >= 0.6 is 0 Å². The molecule has 0 saturated heterocycles. The Labute approximate surface area is 168 Å². The highest BCUT2D eigenvalue weighted by atomic mass is 19.1. The highest BCUT2D eigenvalue weighted by molar-refractivity contribution is 5.92. The molecule has 0 radical (unpaired) electrons. The molecule has 1 heterocycles. The average molecular weight is 392 g/mol. The van der Waals surface area contributed by atoms with Crippen molar-refractivity contribution >= 4 is 5.97 Å². The van der Waals surface area contributed by atoms with E-state index in [1.807, 2.05) is 24.3 Å². The number of hydrogen-bond acceptors (Lipinski definition) is 5. The van der Waals surface area contributed by atoms with Gasteiger partial charge in [-0.2, -0.15) is 5.26 Å². The lowest BCUT2D eigenvalue weighted by molar-refractivity contribution is -0.139. The Bertz CT molecular complexity index is 1060. The van der Waals surface area contributed by atoms with Gasteiger partial charge in [-0.05, 0) is 55.2 Å². The first-order valence-corrected chi connectivity index (χ1v) is 9.19. The van der Waals surface area contributed by atoms with Gasteiger partial charge in [0.15, 0.2) is 0 Å². The molecule has 2 aromatic carbocycles. The first-order valence-electron chi connectivity index (χ1n) is 9.19. The third-order valence-corrected chi connectivity index (χ3v) is 4.84. The van der Waals surface area contributed by atoms with Crippen LogP contribution in [-0.2, 0) is 14.3 Å². The Kier molecular flexibility index (Phi) is 5.69. The minimum Gasteiger partial charge on any atom is -0.463 e. The number of carbonyl (C=O) groups is 1. The predicted octanol–water partition coefficient (Wildman–Crippen LogP) is 4.45. The van der Waals surface area contributed by atoms with Gasteiger partial charge in [0.25, 0.3) is 0 Å². The molecular weight excluding hydrogens is 371 g/mol. The van der Waals surface area contributed by atoms with Gasteiger partial charge in [0.05, 0.1) is 18.1 Å². The Morgan fingerprint density at radius 2 is 1.86 bits per heavy atom. The molecule has 29 heavy (non-hydrogen) atoms. The van der Waals surface area contributed by atoms with E-state index < -0.39 is 11.9 Å². The van der Waals surface area contributed by atoms with Crippen LogP contribution in [-0.4, -0.2) is 12.6 Å². The number of nitriles is 1. The molecule has 1 aliphatic rings. The molecule has 0 bridgehead atoms. The molecular formula is C23H21FN2O3. The van der Waals surface area contributed by atoms with Crippen LogP contribution in [0.5, 0.6) is 0 Å². The number of allylic oxidation sites excluding steroid dienone is 2. The minimum atomic E-state index is -0.684. The second kappa shape index (κ2) is 8.19. The first-order chi connectivity index (χ1) is 13.9. The quantitative estimate of drug-likeness (QED) is 0.777. The minimum absolute atomic E-state index is 0.0266. The van der Waals surface area contributed by atoms with Crippen molar-refractivity contribution in [1.29, 1.82) is 5.26 Å². The summed E-state index contributed by atoms with van der Waals surface area (Å²) in [6.07, 6.45) is 0. The highest BCUT2D eigenvalue weighted by Crippen LogP contribution is 2.40. The second-order valence-electron chi connectivity index (χ2n) is 6.70. The lowest BCUT2D eigenvalue weighted by Crippen LogP contribution is -2.25. The number of hydrogen-bond donors (Lipinski definition) is 1. The number of rotatable bonds is 4. The summed E-state index contributed by atoms with van der Waals surface area (Å²) in [4.78, 5) is 12.5. The van der Waals surface area contributed by atoms with Crippen molar-refractivity contribution in [3.8, 4) is 17.2 Å². The van der Waals surface area contributed by atoms with Gasteiger partial charge >= 0.3 is 5.97 Å². The lowest BCUT2D eigenvalue weighted by Gasteiger charge is -2.27. The fraction of sp³-hybridized carbons (Fsp3) is 0.217. The monoisotopic (exact) mass is 392 g/mol. The fourth-order valence-electron chi connectivity index (χ4n) is 3.38. The van der Waals surface area contributed by atoms with Crippen molar-refractivity contribution in [2.24, 2.45) is 5.73 Å². The number of ether oxygens (including phenoxy) is 2. The Balaban J connectivity index is 2.05. The molecule has 0 spiro atoms.